The van der Waals surface area contributed by atoms with Gasteiger partial charge in [-0.25, -0.2) is 0 Å². The van der Waals surface area contributed by atoms with E-state index in [1.165, 1.54) is 0 Å². The molecule has 0 radical (unpaired) electrons. The van der Waals surface area contributed by atoms with Crippen LogP contribution in [-0.2, 0) is 4.79 Å². The van der Waals surface area contributed by atoms with Crippen molar-refractivity contribution in [2.45, 2.75) is 18.9 Å². The molecule has 122 valence electrons. The number of rotatable bonds is 2. The predicted octanol–water partition coefficient (Wildman–Crippen LogP) is 3.51. The maximum absolute atomic E-state index is 12.4. The van der Waals surface area contributed by atoms with Gasteiger partial charge in [-0.1, -0.05) is 11.6 Å². The van der Waals surface area contributed by atoms with E-state index in [4.69, 9.17) is 11.6 Å². The molecule has 2 aromatic rings. The van der Waals surface area contributed by atoms with Crippen molar-refractivity contribution in [2.24, 2.45) is 0 Å². The summed E-state index contributed by atoms with van der Waals surface area (Å²) < 4.78 is 0. The summed E-state index contributed by atoms with van der Waals surface area (Å²) in [4.78, 5) is 26.7. The Labute approximate surface area is 144 Å². The van der Waals surface area contributed by atoms with Gasteiger partial charge in [0, 0.05) is 22.8 Å². The number of hydrogen-bond acceptors (Lipinski definition) is 3. The highest BCUT2D eigenvalue weighted by molar-refractivity contribution is 6.30. The number of amides is 2. The van der Waals surface area contributed by atoms with Crippen LogP contribution in [-0.4, -0.2) is 24.4 Å². The Morgan fingerprint density at radius 3 is 2.79 bits per heavy atom. The molecule has 1 unspecified atom stereocenters. The molecule has 6 heteroatoms. The molecular formula is C18H16ClN3O2. The zero-order valence-electron chi connectivity index (χ0n) is 12.9. The van der Waals surface area contributed by atoms with Crippen molar-refractivity contribution in [3.8, 4) is 0 Å². The Hall–Kier alpha value is -2.53. The van der Waals surface area contributed by atoms with E-state index >= 15 is 0 Å². The van der Waals surface area contributed by atoms with Gasteiger partial charge in [-0.2, -0.15) is 0 Å². The number of halogens is 1. The quantitative estimate of drug-likeness (QED) is 0.878. The fourth-order valence-electron chi connectivity index (χ4n) is 3.31. The average Bonchev–Trinajstić information content (AvgIpc) is 3.07. The lowest BCUT2D eigenvalue weighted by molar-refractivity contribution is -0.117. The minimum atomic E-state index is -0.224. The van der Waals surface area contributed by atoms with E-state index in [9.17, 15) is 9.59 Å². The van der Waals surface area contributed by atoms with E-state index in [1.54, 1.807) is 36.4 Å². The van der Waals surface area contributed by atoms with Crippen molar-refractivity contribution in [3.05, 3.63) is 53.1 Å². The Balaban J connectivity index is 1.59. The Bertz CT molecular complexity index is 820. The fraction of sp³-hybridized carbons (Fsp3) is 0.222. The first-order valence-electron chi connectivity index (χ1n) is 7.90. The highest BCUT2D eigenvalue weighted by atomic mass is 35.5. The van der Waals surface area contributed by atoms with E-state index < -0.39 is 0 Å². The number of fused-ring (bicyclic) bond motifs is 3. The van der Waals surface area contributed by atoms with Gasteiger partial charge in [-0.15, -0.1) is 0 Å². The van der Waals surface area contributed by atoms with Crippen LogP contribution < -0.4 is 15.5 Å². The van der Waals surface area contributed by atoms with Crippen LogP contribution in [0.25, 0.3) is 0 Å². The monoisotopic (exact) mass is 341 g/mol. The molecule has 4 rings (SSSR count). The Morgan fingerprint density at radius 2 is 2.00 bits per heavy atom. The normalized spacial score (nSPS) is 18.6. The van der Waals surface area contributed by atoms with Crippen LogP contribution in [0.15, 0.2) is 42.5 Å². The number of benzene rings is 2. The van der Waals surface area contributed by atoms with Gasteiger partial charge in [0.25, 0.3) is 5.91 Å². The van der Waals surface area contributed by atoms with Gasteiger partial charge >= 0.3 is 0 Å². The second-order valence-electron chi connectivity index (χ2n) is 6.03. The maximum Gasteiger partial charge on any atom is 0.255 e. The number of anilines is 3. The van der Waals surface area contributed by atoms with Gasteiger partial charge in [0.15, 0.2) is 0 Å². The molecule has 0 aromatic heterocycles. The van der Waals surface area contributed by atoms with E-state index in [1.807, 2.05) is 6.07 Å². The first-order valence-corrected chi connectivity index (χ1v) is 8.28. The number of carbonyl (C=O) groups is 2. The standard InChI is InChI=1S/C18H16ClN3O2/c19-12-4-6-13(7-5-12)20-17(23)11-3-8-15-14(10-11)21-18(24)16-2-1-9-22(15)16/h3-8,10,16H,1-2,9H2,(H,20,23)(H,21,24). The van der Waals surface area contributed by atoms with Crippen LogP contribution in [0.2, 0.25) is 5.02 Å². The largest absolute Gasteiger partial charge is 0.358 e. The van der Waals surface area contributed by atoms with Gasteiger partial charge in [0.1, 0.15) is 6.04 Å². The van der Waals surface area contributed by atoms with Crippen molar-refractivity contribution in [1.82, 2.24) is 0 Å². The maximum atomic E-state index is 12.4. The smallest absolute Gasteiger partial charge is 0.255 e. The third-order valence-corrected chi connectivity index (χ3v) is 4.74. The van der Waals surface area contributed by atoms with Gasteiger partial charge in [-0.05, 0) is 55.3 Å². The van der Waals surface area contributed by atoms with Crippen LogP contribution in [0, 0.1) is 0 Å². The van der Waals surface area contributed by atoms with Crippen LogP contribution in [0.4, 0.5) is 17.1 Å². The third-order valence-electron chi connectivity index (χ3n) is 4.48. The van der Waals surface area contributed by atoms with Gasteiger partial charge in [0.05, 0.1) is 11.4 Å². The number of carbonyl (C=O) groups excluding carboxylic acids is 2. The van der Waals surface area contributed by atoms with E-state index in [2.05, 4.69) is 15.5 Å². The van der Waals surface area contributed by atoms with Gasteiger partial charge < -0.3 is 15.5 Å². The summed E-state index contributed by atoms with van der Waals surface area (Å²) in [7, 11) is 0. The second-order valence-corrected chi connectivity index (χ2v) is 6.47. The minimum Gasteiger partial charge on any atom is -0.358 e. The molecule has 0 aliphatic carbocycles. The van der Waals surface area contributed by atoms with Gasteiger partial charge in [0.2, 0.25) is 5.91 Å². The van der Waals surface area contributed by atoms with E-state index in [-0.39, 0.29) is 17.9 Å². The molecular weight excluding hydrogens is 326 g/mol. The number of nitrogens with zero attached hydrogens (tertiary/aromatic N) is 1. The molecule has 2 heterocycles. The lowest BCUT2D eigenvalue weighted by Gasteiger charge is -2.33. The van der Waals surface area contributed by atoms with Crippen molar-refractivity contribution in [2.75, 3.05) is 22.1 Å². The number of nitrogens with one attached hydrogen (secondary N) is 2. The Morgan fingerprint density at radius 1 is 1.21 bits per heavy atom. The van der Waals surface area contributed by atoms with E-state index in [0.717, 1.165) is 25.1 Å². The fourth-order valence-corrected chi connectivity index (χ4v) is 3.43. The second kappa shape index (κ2) is 5.83. The van der Waals surface area contributed by atoms with Crippen LogP contribution in [0.5, 0.6) is 0 Å². The van der Waals surface area contributed by atoms with Crippen molar-refractivity contribution < 1.29 is 9.59 Å². The lowest BCUT2D eigenvalue weighted by Crippen LogP contribution is -2.43. The Kier molecular flexibility index (Phi) is 3.65. The zero-order valence-corrected chi connectivity index (χ0v) is 13.6. The predicted molar refractivity (Wildman–Crippen MR) is 94.8 cm³/mol. The van der Waals surface area contributed by atoms with E-state index in [0.29, 0.717) is 22.0 Å². The molecule has 24 heavy (non-hydrogen) atoms. The summed E-state index contributed by atoms with van der Waals surface area (Å²) in [5, 5.41) is 6.36. The topological polar surface area (TPSA) is 61.4 Å². The first kappa shape index (κ1) is 15.0. The lowest BCUT2D eigenvalue weighted by atomic mass is 10.1. The molecule has 0 bridgehead atoms. The molecule has 2 aliphatic heterocycles. The van der Waals surface area contributed by atoms with Crippen LogP contribution >= 0.6 is 11.6 Å². The molecule has 1 atom stereocenters. The molecule has 2 aromatic carbocycles. The SMILES string of the molecule is O=C(Nc1ccc(Cl)cc1)c1ccc2c(c1)NC(=O)C1CCCN21. The molecule has 5 nitrogen and oxygen atoms in total. The molecule has 0 spiro atoms. The van der Waals surface area contributed by atoms with Crippen molar-refractivity contribution >= 4 is 40.5 Å². The summed E-state index contributed by atoms with van der Waals surface area (Å²) in [5.74, 6) is -0.215. The van der Waals surface area contributed by atoms with Crippen molar-refractivity contribution in [3.63, 3.8) is 0 Å². The highest BCUT2D eigenvalue weighted by Gasteiger charge is 2.36. The summed E-state index contributed by atoms with van der Waals surface area (Å²) >= 11 is 5.84. The minimum absolute atomic E-state index is 0.00950. The van der Waals surface area contributed by atoms with Crippen molar-refractivity contribution in [1.29, 1.82) is 0 Å². The highest BCUT2D eigenvalue weighted by Crippen LogP contribution is 2.37. The van der Waals surface area contributed by atoms with Crippen LogP contribution in [0.3, 0.4) is 0 Å². The summed E-state index contributed by atoms with van der Waals surface area (Å²) in [6.07, 6.45) is 1.89. The molecule has 2 aliphatic rings. The summed E-state index contributed by atoms with van der Waals surface area (Å²) in [6.45, 7) is 0.876. The van der Waals surface area contributed by atoms with Crippen LogP contribution in [0.1, 0.15) is 23.2 Å². The molecule has 1 fully saturated rings. The molecule has 0 saturated carbocycles. The third kappa shape index (κ3) is 2.61. The summed E-state index contributed by atoms with van der Waals surface area (Å²) in [6, 6.07) is 12.3. The molecule has 2 N–H and O–H groups in total. The van der Waals surface area contributed by atoms with Gasteiger partial charge in [-0.3, -0.25) is 9.59 Å². The number of hydrogen-bond donors (Lipinski definition) is 2. The first-order chi connectivity index (χ1) is 11.6. The summed E-state index contributed by atoms with van der Waals surface area (Å²) in [5.41, 5.74) is 2.86. The molecule has 1 saturated heterocycles. The average molecular weight is 342 g/mol. The zero-order chi connectivity index (χ0) is 16.7. The molecule has 2 amide bonds.